The van der Waals surface area contributed by atoms with Crippen molar-refractivity contribution in [1.82, 2.24) is 14.9 Å². The van der Waals surface area contributed by atoms with Crippen LogP contribution in [0, 0.1) is 0 Å². The SMILES string of the molecule is CCc1cn(CCOC)c(N2CCCC2CNC)n1. The van der Waals surface area contributed by atoms with Crippen LogP contribution in [0.5, 0.6) is 0 Å². The van der Waals surface area contributed by atoms with E-state index < -0.39 is 0 Å². The Morgan fingerprint density at radius 2 is 2.37 bits per heavy atom. The van der Waals surface area contributed by atoms with Gasteiger partial charge in [-0.2, -0.15) is 0 Å². The van der Waals surface area contributed by atoms with Crippen LogP contribution in [0.4, 0.5) is 5.95 Å². The molecule has 5 nitrogen and oxygen atoms in total. The lowest BCUT2D eigenvalue weighted by molar-refractivity contribution is 0.187. The maximum absolute atomic E-state index is 5.20. The minimum atomic E-state index is 0.568. The second-order valence-electron chi connectivity index (χ2n) is 5.12. The van der Waals surface area contributed by atoms with Gasteiger partial charge in [0.05, 0.1) is 12.3 Å². The Labute approximate surface area is 116 Å². The van der Waals surface area contributed by atoms with Crippen molar-refractivity contribution in [2.75, 3.05) is 38.8 Å². The summed E-state index contributed by atoms with van der Waals surface area (Å²) in [6, 6.07) is 0.568. The van der Waals surface area contributed by atoms with Crippen LogP contribution in [-0.4, -0.2) is 49.4 Å². The first-order valence-corrected chi connectivity index (χ1v) is 7.26. The number of aromatic nitrogens is 2. The second-order valence-corrected chi connectivity index (χ2v) is 5.12. The molecule has 0 radical (unpaired) electrons. The third-order valence-corrected chi connectivity index (χ3v) is 3.78. The summed E-state index contributed by atoms with van der Waals surface area (Å²) in [6.07, 6.45) is 5.66. The van der Waals surface area contributed by atoms with E-state index in [1.807, 2.05) is 7.05 Å². The fraction of sp³-hybridized carbons (Fsp3) is 0.786. The Balaban J connectivity index is 2.18. The topological polar surface area (TPSA) is 42.3 Å². The van der Waals surface area contributed by atoms with Crippen LogP contribution in [0.1, 0.15) is 25.5 Å². The van der Waals surface area contributed by atoms with E-state index in [0.717, 1.165) is 38.6 Å². The molecule has 1 fully saturated rings. The summed E-state index contributed by atoms with van der Waals surface area (Å²) in [6.45, 7) is 5.90. The molecule has 1 saturated heterocycles. The molecule has 0 bridgehead atoms. The summed E-state index contributed by atoms with van der Waals surface area (Å²) in [5, 5.41) is 3.29. The quantitative estimate of drug-likeness (QED) is 0.807. The molecule has 1 aliphatic heterocycles. The summed E-state index contributed by atoms with van der Waals surface area (Å²) < 4.78 is 7.45. The zero-order valence-corrected chi connectivity index (χ0v) is 12.4. The van der Waals surface area contributed by atoms with Crippen molar-refractivity contribution < 1.29 is 4.74 Å². The average Bonchev–Trinajstić information content (AvgIpc) is 3.02. The second kappa shape index (κ2) is 6.91. The molecule has 0 aromatic carbocycles. The first-order valence-electron chi connectivity index (χ1n) is 7.26. The van der Waals surface area contributed by atoms with Crippen LogP contribution in [0.25, 0.3) is 0 Å². The lowest BCUT2D eigenvalue weighted by Gasteiger charge is -2.26. The number of anilines is 1. The van der Waals surface area contributed by atoms with Crippen molar-refractivity contribution in [3.8, 4) is 0 Å². The van der Waals surface area contributed by atoms with Gasteiger partial charge >= 0.3 is 0 Å². The molecule has 2 rings (SSSR count). The Hall–Kier alpha value is -1.07. The van der Waals surface area contributed by atoms with Crippen LogP contribution < -0.4 is 10.2 Å². The number of imidazole rings is 1. The Kier molecular flexibility index (Phi) is 5.22. The van der Waals surface area contributed by atoms with E-state index in [0.29, 0.717) is 6.04 Å². The average molecular weight is 266 g/mol. The number of methoxy groups -OCH3 is 1. The maximum atomic E-state index is 5.20. The van der Waals surface area contributed by atoms with Gasteiger partial charge in [-0.05, 0) is 26.3 Å². The van der Waals surface area contributed by atoms with Gasteiger partial charge in [0.15, 0.2) is 0 Å². The van der Waals surface area contributed by atoms with Crippen LogP contribution >= 0.6 is 0 Å². The van der Waals surface area contributed by atoms with Gasteiger partial charge in [-0.15, -0.1) is 0 Å². The summed E-state index contributed by atoms with van der Waals surface area (Å²) in [5.41, 5.74) is 1.17. The lowest BCUT2D eigenvalue weighted by Crippen LogP contribution is -2.38. The van der Waals surface area contributed by atoms with Gasteiger partial charge in [-0.3, -0.25) is 0 Å². The lowest BCUT2D eigenvalue weighted by atomic mass is 10.2. The predicted molar refractivity (Wildman–Crippen MR) is 77.8 cm³/mol. The molecule has 19 heavy (non-hydrogen) atoms. The number of hydrogen-bond donors (Lipinski definition) is 1. The van der Waals surface area contributed by atoms with Crippen molar-refractivity contribution >= 4 is 5.95 Å². The summed E-state index contributed by atoms with van der Waals surface area (Å²) >= 11 is 0. The van der Waals surface area contributed by atoms with Crippen molar-refractivity contribution in [2.24, 2.45) is 0 Å². The largest absolute Gasteiger partial charge is 0.383 e. The van der Waals surface area contributed by atoms with Gasteiger partial charge < -0.3 is 19.5 Å². The van der Waals surface area contributed by atoms with Gasteiger partial charge in [0.25, 0.3) is 0 Å². The minimum Gasteiger partial charge on any atom is -0.383 e. The highest BCUT2D eigenvalue weighted by atomic mass is 16.5. The molecule has 2 heterocycles. The number of nitrogens with one attached hydrogen (secondary N) is 1. The van der Waals surface area contributed by atoms with Crippen LogP contribution in [-0.2, 0) is 17.7 Å². The Morgan fingerprint density at radius 3 is 3.05 bits per heavy atom. The highest BCUT2D eigenvalue weighted by molar-refractivity contribution is 5.37. The first kappa shape index (κ1) is 14.3. The molecule has 5 heteroatoms. The molecule has 1 unspecified atom stereocenters. The third kappa shape index (κ3) is 3.28. The standard InChI is InChI=1S/C14H26N4O/c1-4-12-11-17(8-9-19-3)14(16-12)18-7-5-6-13(18)10-15-2/h11,13,15H,4-10H2,1-3H3. The van der Waals surface area contributed by atoms with E-state index in [-0.39, 0.29) is 0 Å². The van der Waals surface area contributed by atoms with Gasteiger partial charge in [0.2, 0.25) is 5.95 Å². The highest BCUT2D eigenvalue weighted by Gasteiger charge is 2.27. The van der Waals surface area contributed by atoms with Crippen LogP contribution in [0.2, 0.25) is 0 Å². The summed E-state index contributed by atoms with van der Waals surface area (Å²) in [5.74, 6) is 1.12. The Morgan fingerprint density at radius 1 is 1.53 bits per heavy atom. The van der Waals surface area contributed by atoms with Crippen LogP contribution in [0.3, 0.4) is 0 Å². The monoisotopic (exact) mass is 266 g/mol. The van der Waals surface area contributed by atoms with Gasteiger partial charge in [-0.25, -0.2) is 4.98 Å². The molecule has 0 amide bonds. The van der Waals surface area contributed by atoms with Crippen molar-refractivity contribution in [3.05, 3.63) is 11.9 Å². The van der Waals surface area contributed by atoms with Crippen molar-refractivity contribution in [2.45, 2.75) is 38.8 Å². The first-order chi connectivity index (χ1) is 9.30. The van der Waals surface area contributed by atoms with Crippen LogP contribution in [0.15, 0.2) is 6.20 Å². The van der Waals surface area contributed by atoms with E-state index in [1.165, 1.54) is 18.5 Å². The molecular formula is C14H26N4O. The normalized spacial score (nSPS) is 19.3. The van der Waals surface area contributed by atoms with E-state index in [4.69, 9.17) is 9.72 Å². The zero-order chi connectivity index (χ0) is 13.7. The Bertz CT molecular complexity index is 391. The zero-order valence-electron chi connectivity index (χ0n) is 12.4. The fourth-order valence-electron chi connectivity index (χ4n) is 2.76. The van der Waals surface area contributed by atoms with E-state index in [2.05, 4.69) is 27.9 Å². The number of nitrogens with zero attached hydrogens (tertiary/aromatic N) is 3. The molecule has 1 aromatic rings. The highest BCUT2D eigenvalue weighted by Crippen LogP contribution is 2.25. The molecular weight excluding hydrogens is 240 g/mol. The van der Waals surface area contributed by atoms with Gasteiger partial charge in [0.1, 0.15) is 0 Å². The van der Waals surface area contributed by atoms with Gasteiger partial charge in [-0.1, -0.05) is 6.92 Å². The summed E-state index contributed by atoms with van der Waals surface area (Å²) in [7, 11) is 3.77. The predicted octanol–water partition coefficient (Wildman–Crippen LogP) is 1.28. The molecule has 1 N–H and O–H groups in total. The van der Waals surface area contributed by atoms with E-state index in [1.54, 1.807) is 7.11 Å². The van der Waals surface area contributed by atoms with Crippen molar-refractivity contribution in [1.29, 1.82) is 0 Å². The molecule has 0 spiro atoms. The smallest absolute Gasteiger partial charge is 0.206 e. The number of rotatable bonds is 7. The molecule has 0 aliphatic carbocycles. The van der Waals surface area contributed by atoms with Gasteiger partial charge in [0, 0.05) is 39.0 Å². The van der Waals surface area contributed by atoms with E-state index >= 15 is 0 Å². The number of hydrogen-bond acceptors (Lipinski definition) is 4. The number of aryl methyl sites for hydroxylation is 1. The molecule has 1 atom stereocenters. The molecule has 1 aliphatic rings. The maximum Gasteiger partial charge on any atom is 0.206 e. The van der Waals surface area contributed by atoms with Crippen molar-refractivity contribution in [3.63, 3.8) is 0 Å². The molecule has 0 saturated carbocycles. The summed E-state index contributed by atoms with van der Waals surface area (Å²) in [4.78, 5) is 7.25. The fourth-order valence-corrected chi connectivity index (χ4v) is 2.76. The number of likely N-dealkylation sites (N-methyl/N-ethyl adjacent to an activating group) is 1. The third-order valence-electron chi connectivity index (χ3n) is 3.78. The molecule has 1 aromatic heterocycles. The molecule has 108 valence electrons. The minimum absolute atomic E-state index is 0.568. The number of ether oxygens (including phenoxy) is 1. The van der Waals surface area contributed by atoms with E-state index in [9.17, 15) is 0 Å².